The van der Waals surface area contributed by atoms with Crippen LogP contribution in [0, 0.1) is 0 Å². The fourth-order valence-electron chi connectivity index (χ4n) is 5.35. The first-order valence-corrected chi connectivity index (χ1v) is 13.0. The normalized spacial score (nSPS) is 11.7. The highest BCUT2D eigenvalue weighted by atomic mass is 35.5. The van der Waals surface area contributed by atoms with E-state index in [0.29, 0.717) is 22.6 Å². The lowest BCUT2D eigenvalue weighted by molar-refractivity contribution is 0.669. The first kappa shape index (κ1) is 22.0. The Morgan fingerprint density at radius 3 is 1.85 bits per heavy atom. The van der Waals surface area contributed by atoms with E-state index in [-0.39, 0.29) is 0 Å². The van der Waals surface area contributed by atoms with Crippen molar-refractivity contribution in [1.29, 1.82) is 0 Å². The van der Waals surface area contributed by atoms with Crippen LogP contribution in [-0.4, -0.2) is 19.5 Å². The zero-order valence-electron chi connectivity index (χ0n) is 20.5. The number of hydrogen-bond donors (Lipinski definition) is 0. The Labute approximate surface area is 228 Å². The van der Waals surface area contributed by atoms with Gasteiger partial charge in [0.1, 0.15) is 11.2 Å². The second-order valence-corrected chi connectivity index (χ2v) is 9.91. The van der Waals surface area contributed by atoms with Gasteiger partial charge >= 0.3 is 0 Å². The minimum atomic E-state index is 0.539. The van der Waals surface area contributed by atoms with Crippen LogP contribution < -0.4 is 0 Å². The molecule has 0 atom stereocenters. The monoisotopic (exact) mass is 522 g/mol. The molecular formula is C33H19ClN4O. The Hall–Kier alpha value is -5.00. The maximum Gasteiger partial charge on any atom is 0.238 e. The number of rotatable bonds is 3. The molecule has 0 saturated carbocycles. The van der Waals surface area contributed by atoms with Gasteiger partial charge in [-0.2, -0.15) is 9.97 Å². The largest absolute Gasteiger partial charge is 0.456 e. The highest BCUT2D eigenvalue weighted by molar-refractivity contribution is 6.30. The lowest BCUT2D eigenvalue weighted by Crippen LogP contribution is -2.06. The van der Waals surface area contributed by atoms with Crippen molar-refractivity contribution in [3.63, 3.8) is 0 Å². The smallest absolute Gasteiger partial charge is 0.238 e. The molecule has 0 aliphatic carbocycles. The van der Waals surface area contributed by atoms with Gasteiger partial charge in [0.15, 0.2) is 11.6 Å². The summed E-state index contributed by atoms with van der Waals surface area (Å²) in [5.74, 6) is 1.64. The van der Waals surface area contributed by atoms with Gasteiger partial charge in [-0.3, -0.25) is 4.57 Å². The van der Waals surface area contributed by atoms with Crippen LogP contribution in [0.2, 0.25) is 5.02 Å². The molecule has 39 heavy (non-hydrogen) atoms. The molecule has 3 aromatic heterocycles. The van der Waals surface area contributed by atoms with Crippen LogP contribution in [0.5, 0.6) is 0 Å². The summed E-state index contributed by atoms with van der Waals surface area (Å²) < 4.78 is 8.27. The van der Waals surface area contributed by atoms with E-state index in [0.717, 1.165) is 54.9 Å². The number of hydrogen-bond acceptors (Lipinski definition) is 4. The van der Waals surface area contributed by atoms with Crippen LogP contribution in [0.1, 0.15) is 0 Å². The molecule has 0 aliphatic rings. The van der Waals surface area contributed by atoms with Crippen LogP contribution in [0.25, 0.3) is 72.5 Å². The average Bonchev–Trinajstić information content (AvgIpc) is 3.52. The molecule has 5 nitrogen and oxygen atoms in total. The Bertz CT molecular complexity index is 2160. The second-order valence-electron chi connectivity index (χ2n) is 9.47. The fraction of sp³-hybridized carbons (Fsp3) is 0. The third-order valence-electron chi connectivity index (χ3n) is 7.12. The van der Waals surface area contributed by atoms with Gasteiger partial charge in [0.05, 0.1) is 11.0 Å². The molecule has 0 fully saturated rings. The zero-order valence-corrected chi connectivity index (χ0v) is 21.3. The maximum absolute atomic E-state index is 6.36. The first-order valence-electron chi connectivity index (χ1n) is 12.7. The summed E-state index contributed by atoms with van der Waals surface area (Å²) in [5.41, 5.74) is 5.36. The molecule has 0 unspecified atom stereocenters. The van der Waals surface area contributed by atoms with Gasteiger partial charge in [-0.15, -0.1) is 0 Å². The van der Waals surface area contributed by atoms with Crippen molar-refractivity contribution < 1.29 is 4.42 Å². The molecule has 184 valence electrons. The van der Waals surface area contributed by atoms with E-state index in [4.69, 9.17) is 31.0 Å². The maximum atomic E-state index is 6.36. The summed E-state index contributed by atoms with van der Waals surface area (Å²) >= 11 is 6.36. The molecule has 0 bridgehead atoms. The predicted octanol–water partition coefficient (Wildman–Crippen LogP) is 8.86. The zero-order chi connectivity index (χ0) is 25.9. The molecule has 6 heteroatoms. The van der Waals surface area contributed by atoms with Crippen molar-refractivity contribution in [3.8, 4) is 28.7 Å². The van der Waals surface area contributed by atoms with Gasteiger partial charge in [-0.25, -0.2) is 4.98 Å². The Morgan fingerprint density at radius 1 is 0.513 bits per heavy atom. The molecule has 0 amide bonds. The standard InChI is InChI=1S/C33H19ClN4O/c34-22-9-7-8-20(18-22)31-35-32(21-16-17-26-25-12-3-6-15-29(25)39-30(26)19-21)37-33(36-31)38-27-13-4-1-10-23(27)24-11-2-5-14-28(24)38/h1-19H. The Balaban J connectivity index is 1.42. The van der Waals surface area contributed by atoms with Crippen LogP contribution in [0.4, 0.5) is 0 Å². The van der Waals surface area contributed by atoms with Crippen molar-refractivity contribution in [3.05, 3.63) is 120 Å². The summed E-state index contributed by atoms with van der Waals surface area (Å²) in [7, 11) is 0. The summed E-state index contributed by atoms with van der Waals surface area (Å²) in [6, 6.07) is 38.4. The second kappa shape index (κ2) is 8.51. The number of furan rings is 1. The quantitative estimate of drug-likeness (QED) is 0.232. The number of aromatic nitrogens is 4. The Kier molecular flexibility index (Phi) is 4.81. The van der Waals surface area contributed by atoms with E-state index >= 15 is 0 Å². The highest BCUT2D eigenvalue weighted by Gasteiger charge is 2.18. The van der Waals surface area contributed by atoms with Gasteiger partial charge in [0.25, 0.3) is 0 Å². The molecule has 0 spiro atoms. The molecule has 0 N–H and O–H groups in total. The number of para-hydroxylation sites is 3. The van der Waals surface area contributed by atoms with E-state index in [1.807, 2.05) is 66.7 Å². The van der Waals surface area contributed by atoms with E-state index in [2.05, 4.69) is 53.1 Å². The van der Waals surface area contributed by atoms with Crippen LogP contribution in [0.15, 0.2) is 120 Å². The number of nitrogens with zero attached hydrogens (tertiary/aromatic N) is 4. The summed E-state index contributed by atoms with van der Waals surface area (Å²) in [5, 5.41) is 5.05. The van der Waals surface area contributed by atoms with Crippen molar-refractivity contribution >= 4 is 55.3 Å². The molecule has 8 rings (SSSR count). The third-order valence-corrected chi connectivity index (χ3v) is 7.36. The minimum Gasteiger partial charge on any atom is -0.456 e. The molecule has 0 radical (unpaired) electrons. The molecular weight excluding hydrogens is 504 g/mol. The van der Waals surface area contributed by atoms with Crippen molar-refractivity contribution in [2.24, 2.45) is 0 Å². The van der Waals surface area contributed by atoms with Crippen molar-refractivity contribution in [1.82, 2.24) is 19.5 Å². The van der Waals surface area contributed by atoms with Crippen molar-refractivity contribution in [2.45, 2.75) is 0 Å². The van der Waals surface area contributed by atoms with E-state index < -0.39 is 0 Å². The van der Waals surface area contributed by atoms with E-state index in [1.54, 1.807) is 0 Å². The Morgan fingerprint density at radius 2 is 1.13 bits per heavy atom. The van der Waals surface area contributed by atoms with Crippen LogP contribution in [0.3, 0.4) is 0 Å². The van der Waals surface area contributed by atoms with E-state index in [9.17, 15) is 0 Å². The van der Waals surface area contributed by atoms with Gasteiger partial charge < -0.3 is 4.42 Å². The first-order chi connectivity index (χ1) is 19.2. The van der Waals surface area contributed by atoms with Gasteiger partial charge in [-0.1, -0.05) is 84.4 Å². The minimum absolute atomic E-state index is 0.539. The fourth-order valence-corrected chi connectivity index (χ4v) is 5.54. The van der Waals surface area contributed by atoms with Gasteiger partial charge in [0.2, 0.25) is 5.95 Å². The highest BCUT2D eigenvalue weighted by Crippen LogP contribution is 2.34. The lowest BCUT2D eigenvalue weighted by Gasteiger charge is -2.11. The SMILES string of the molecule is Clc1cccc(-c2nc(-c3ccc4c(c3)oc3ccccc34)nc(-n3c4ccccc4c4ccccc43)n2)c1. The average molecular weight is 523 g/mol. The topological polar surface area (TPSA) is 56.7 Å². The number of fused-ring (bicyclic) bond motifs is 6. The summed E-state index contributed by atoms with van der Waals surface area (Å²) in [6.45, 7) is 0. The predicted molar refractivity (Wildman–Crippen MR) is 157 cm³/mol. The third kappa shape index (κ3) is 3.51. The summed E-state index contributed by atoms with van der Waals surface area (Å²) in [6.07, 6.45) is 0. The van der Waals surface area contributed by atoms with Crippen LogP contribution in [-0.2, 0) is 0 Å². The van der Waals surface area contributed by atoms with Gasteiger partial charge in [0, 0.05) is 37.7 Å². The van der Waals surface area contributed by atoms with Gasteiger partial charge in [-0.05, 0) is 42.5 Å². The van der Waals surface area contributed by atoms with E-state index in [1.165, 1.54) is 0 Å². The molecule has 3 heterocycles. The number of benzene rings is 5. The van der Waals surface area contributed by atoms with Crippen LogP contribution >= 0.6 is 11.6 Å². The molecule has 8 aromatic rings. The molecule has 5 aromatic carbocycles. The molecule has 0 aliphatic heterocycles. The van der Waals surface area contributed by atoms with Crippen molar-refractivity contribution in [2.75, 3.05) is 0 Å². The number of halogens is 1. The molecule has 0 saturated heterocycles. The lowest BCUT2D eigenvalue weighted by atomic mass is 10.1. The summed E-state index contributed by atoms with van der Waals surface area (Å²) in [4.78, 5) is 14.9.